The third-order valence-electron chi connectivity index (χ3n) is 5.94. The smallest absolute Gasteiger partial charge is 0.108 e. The van der Waals surface area contributed by atoms with Crippen LogP contribution >= 0.6 is 0 Å². The van der Waals surface area contributed by atoms with Crippen LogP contribution in [-0.2, 0) is 0 Å². The van der Waals surface area contributed by atoms with Crippen LogP contribution in [0.1, 0.15) is 11.1 Å². The average molecular weight is 371 g/mol. The normalized spacial score (nSPS) is 11.0. The molecule has 0 spiro atoms. The predicted octanol–water partition coefficient (Wildman–Crippen LogP) is 4.35. The highest BCUT2D eigenvalue weighted by molar-refractivity contribution is 7.19. The van der Waals surface area contributed by atoms with Crippen LogP contribution in [-0.4, -0.2) is 6.15 Å². The molecule has 0 heterocycles. The van der Waals surface area contributed by atoms with Crippen molar-refractivity contribution in [3.8, 4) is 0 Å². The monoisotopic (exact) mass is 371 g/mol. The quantitative estimate of drug-likeness (QED) is 0.442. The van der Waals surface area contributed by atoms with Crippen LogP contribution < -0.4 is 21.9 Å². The lowest BCUT2D eigenvalue weighted by Gasteiger charge is -2.44. The molecule has 0 nitrogen and oxygen atoms in total. The third-order valence-corrected chi connectivity index (χ3v) is 5.94. The van der Waals surface area contributed by atoms with Crippen molar-refractivity contribution in [1.82, 2.24) is 0 Å². The van der Waals surface area contributed by atoms with Gasteiger partial charge in [0.15, 0.2) is 0 Å². The summed E-state index contributed by atoms with van der Waals surface area (Å²) in [6, 6.07) is 39.3. The van der Waals surface area contributed by atoms with Crippen LogP contribution in [0.5, 0.6) is 0 Å². The Balaban J connectivity index is 2.09. The molecule has 0 N–H and O–H groups in total. The van der Waals surface area contributed by atoms with Crippen molar-refractivity contribution >= 4 is 40.1 Å². The fourth-order valence-corrected chi connectivity index (χ4v) is 4.48. The van der Waals surface area contributed by atoms with Crippen LogP contribution in [0.4, 0.5) is 0 Å². The van der Waals surface area contributed by atoms with Gasteiger partial charge in [0, 0.05) is 0 Å². The van der Waals surface area contributed by atoms with Crippen LogP contribution in [0.2, 0.25) is 0 Å². The summed E-state index contributed by atoms with van der Waals surface area (Å²) in [5.41, 5.74) is 7.44. The SMILES string of the molecule is C=Cc1ccc([B-](c2ccccc2)(c2ccccc2)c2ccc(C=C)cc2)cc1. The summed E-state index contributed by atoms with van der Waals surface area (Å²) in [5.74, 6) is 0. The fourth-order valence-electron chi connectivity index (χ4n) is 4.48. The summed E-state index contributed by atoms with van der Waals surface area (Å²) in [5, 5.41) is 0. The molecular formula is C28H24B-. The highest BCUT2D eigenvalue weighted by Gasteiger charge is 2.31. The Morgan fingerprint density at radius 1 is 0.414 bits per heavy atom. The van der Waals surface area contributed by atoms with E-state index in [1.54, 1.807) is 0 Å². The van der Waals surface area contributed by atoms with Gasteiger partial charge >= 0.3 is 0 Å². The van der Waals surface area contributed by atoms with Gasteiger partial charge < -0.3 is 0 Å². The molecule has 0 unspecified atom stereocenters. The van der Waals surface area contributed by atoms with Crippen molar-refractivity contribution in [2.24, 2.45) is 0 Å². The maximum Gasteiger partial charge on any atom is 0.108 e. The van der Waals surface area contributed by atoms with E-state index in [0.717, 1.165) is 11.1 Å². The van der Waals surface area contributed by atoms with E-state index in [4.69, 9.17) is 0 Å². The van der Waals surface area contributed by atoms with Crippen LogP contribution in [0, 0.1) is 0 Å². The van der Waals surface area contributed by atoms with Gasteiger partial charge in [-0.25, -0.2) is 0 Å². The van der Waals surface area contributed by atoms with E-state index in [-0.39, 0.29) is 0 Å². The molecule has 4 aromatic rings. The molecule has 4 rings (SSSR count). The largest absolute Gasteiger partial charge is 0.195 e. The summed E-state index contributed by atoms with van der Waals surface area (Å²) in [6.07, 6.45) is 2.46. The molecule has 0 fully saturated rings. The van der Waals surface area contributed by atoms with Gasteiger partial charge in [-0.1, -0.05) is 135 Å². The summed E-state index contributed by atoms with van der Waals surface area (Å²) < 4.78 is 0. The molecule has 0 radical (unpaired) electrons. The first-order valence-electron chi connectivity index (χ1n) is 10.0. The first kappa shape index (κ1) is 18.8. The Hall–Kier alpha value is -3.58. The zero-order valence-corrected chi connectivity index (χ0v) is 16.5. The van der Waals surface area contributed by atoms with Crippen molar-refractivity contribution in [3.63, 3.8) is 0 Å². The van der Waals surface area contributed by atoms with E-state index in [2.05, 4.69) is 122 Å². The molecule has 0 aliphatic heterocycles. The van der Waals surface area contributed by atoms with Crippen LogP contribution in [0.25, 0.3) is 12.2 Å². The maximum absolute atomic E-state index is 3.91. The zero-order chi connectivity index (χ0) is 20.1. The van der Waals surface area contributed by atoms with E-state index in [1.807, 2.05) is 12.2 Å². The second-order valence-electron chi connectivity index (χ2n) is 7.43. The fraction of sp³-hybridized carbons (Fsp3) is 0. The Bertz CT molecular complexity index is 1000. The van der Waals surface area contributed by atoms with Gasteiger partial charge in [0.25, 0.3) is 0 Å². The zero-order valence-electron chi connectivity index (χ0n) is 16.5. The molecular weight excluding hydrogens is 347 g/mol. The van der Waals surface area contributed by atoms with Crippen molar-refractivity contribution in [2.45, 2.75) is 0 Å². The molecule has 0 atom stereocenters. The molecule has 0 amide bonds. The van der Waals surface area contributed by atoms with Gasteiger partial charge in [0.2, 0.25) is 0 Å². The minimum absolute atomic E-state index is 1.13. The van der Waals surface area contributed by atoms with Crippen molar-refractivity contribution in [2.75, 3.05) is 0 Å². The van der Waals surface area contributed by atoms with Gasteiger partial charge in [0.1, 0.15) is 6.15 Å². The minimum atomic E-state index is -1.33. The van der Waals surface area contributed by atoms with Gasteiger partial charge in [-0.15, -0.1) is 0 Å². The first-order valence-corrected chi connectivity index (χ1v) is 10.0. The number of benzene rings is 4. The number of hydrogen-bond acceptors (Lipinski definition) is 0. The summed E-state index contributed by atoms with van der Waals surface area (Å²) in [6.45, 7) is 7.82. The lowest BCUT2D eigenvalue weighted by molar-refractivity contribution is 1.64. The molecule has 0 bridgehead atoms. The summed E-state index contributed by atoms with van der Waals surface area (Å²) in [4.78, 5) is 0. The topological polar surface area (TPSA) is 0 Å². The Kier molecular flexibility index (Phi) is 5.31. The van der Waals surface area contributed by atoms with Crippen molar-refractivity contribution < 1.29 is 0 Å². The lowest BCUT2D eigenvalue weighted by Crippen LogP contribution is -2.74. The number of hydrogen-bond donors (Lipinski definition) is 0. The molecule has 0 saturated heterocycles. The second kappa shape index (κ2) is 8.20. The molecule has 29 heavy (non-hydrogen) atoms. The van der Waals surface area contributed by atoms with Crippen molar-refractivity contribution in [3.05, 3.63) is 133 Å². The predicted molar refractivity (Wildman–Crippen MR) is 130 cm³/mol. The molecule has 0 aromatic heterocycles. The van der Waals surface area contributed by atoms with Crippen LogP contribution in [0.3, 0.4) is 0 Å². The highest BCUT2D eigenvalue weighted by atomic mass is 14.1. The Morgan fingerprint density at radius 2 is 0.724 bits per heavy atom. The van der Waals surface area contributed by atoms with Gasteiger partial charge in [0.05, 0.1) is 0 Å². The maximum atomic E-state index is 3.91. The van der Waals surface area contributed by atoms with Crippen LogP contribution in [0.15, 0.2) is 122 Å². The van der Waals surface area contributed by atoms with E-state index < -0.39 is 6.15 Å². The molecule has 0 saturated carbocycles. The van der Waals surface area contributed by atoms with E-state index in [1.165, 1.54) is 21.9 Å². The number of rotatable bonds is 6. The lowest BCUT2D eigenvalue weighted by atomic mass is 9.13. The summed E-state index contributed by atoms with van der Waals surface area (Å²) in [7, 11) is 0. The average Bonchev–Trinajstić information content (AvgIpc) is 2.82. The molecule has 140 valence electrons. The molecule has 0 aliphatic rings. The molecule has 1 heteroatoms. The third kappa shape index (κ3) is 3.36. The van der Waals surface area contributed by atoms with Gasteiger partial charge in [-0.2, -0.15) is 21.9 Å². The second-order valence-corrected chi connectivity index (χ2v) is 7.43. The standard InChI is InChI=1S/C28H24B/c1-3-23-15-19-27(20-16-23)29(25-11-7-5-8-12-25,26-13-9-6-10-14-26)28-21-17-24(4-2)18-22-28/h3-22H,1-2H2/q-1. The van der Waals surface area contributed by atoms with Crippen molar-refractivity contribution in [1.29, 1.82) is 0 Å². The van der Waals surface area contributed by atoms with E-state index >= 15 is 0 Å². The Labute approximate surface area is 173 Å². The van der Waals surface area contributed by atoms with E-state index in [9.17, 15) is 0 Å². The first-order chi connectivity index (χ1) is 14.3. The molecule has 0 aliphatic carbocycles. The summed E-state index contributed by atoms with van der Waals surface area (Å²) >= 11 is 0. The van der Waals surface area contributed by atoms with E-state index in [0.29, 0.717) is 0 Å². The van der Waals surface area contributed by atoms with Gasteiger partial charge in [-0.05, 0) is 11.1 Å². The highest BCUT2D eigenvalue weighted by Crippen LogP contribution is 2.12. The minimum Gasteiger partial charge on any atom is -0.195 e. The van der Waals surface area contributed by atoms with Gasteiger partial charge in [-0.3, -0.25) is 0 Å². The Morgan fingerprint density at radius 3 is 1.03 bits per heavy atom. The molecule has 4 aromatic carbocycles.